The lowest BCUT2D eigenvalue weighted by atomic mass is 10.2. The van der Waals surface area contributed by atoms with Gasteiger partial charge in [0.25, 0.3) is 0 Å². The predicted molar refractivity (Wildman–Crippen MR) is 56.3 cm³/mol. The van der Waals surface area contributed by atoms with Gasteiger partial charge in [-0.2, -0.15) is 0 Å². The van der Waals surface area contributed by atoms with Crippen LogP contribution in [0.4, 0.5) is 13.2 Å². The van der Waals surface area contributed by atoms with Crippen LogP contribution in [0.1, 0.15) is 10.9 Å². The molecule has 0 unspecified atom stereocenters. The Morgan fingerprint density at radius 3 is 2.81 bits per heavy atom. The van der Waals surface area contributed by atoms with E-state index < -0.39 is 6.36 Å². The molecule has 1 N–H and O–H groups in total. The van der Waals surface area contributed by atoms with Gasteiger partial charge in [-0.05, 0) is 17.7 Å². The lowest BCUT2D eigenvalue weighted by Gasteiger charge is -2.13. The summed E-state index contributed by atoms with van der Waals surface area (Å²) in [6.45, 7) is 0.875. The van der Waals surface area contributed by atoms with E-state index >= 15 is 0 Å². The number of benzene rings is 1. The standard InChI is InChI=1S/C10H10F3NOS/c11-10(12,13)15-8-3-1-2-7(6-8)9-14-4-5-16-9/h1-3,6,9,14H,4-5H2/t9-/m1/s1. The van der Waals surface area contributed by atoms with Gasteiger partial charge in [0.2, 0.25) is 0 Å². The summed E-state index contributed by atoms with van der Waals surface area (Å²) in [6.07, 6.45) is -4.63. The molecule has 1 aromatic carbocycles. The van der Waals surface area contributed by atoms with Crippen LogP contribution in [0.2, 0.25) is 0 Å². The Kier molecular flexibility index (Phi) is 3.30. The van der Waals surface area contributed by atoms with Crippen LogP contribution in [0.25, 0.3) is 0 Å². The molecule has 1 aliphatic rings. The minimum Gasteiger partial charge on any atom is -0.406 e. The molecule has 0 spiro atoms. The molecular weight excluding hydrogens is 239 g/mol. The first-order valence-corrected chi connectivity index (χ1v) is 5.80. The molecule has 0 saturated carbocycles. The molecule has 2 nitrogen and oxygen atoms in total. The van der Waals surface area contributed by atoms with Crippen LogP contribution in [-0.2, 0) is 0 Å². The van der Waals surface area contributed by atoms with Crippen molar-refractivity contribution in [3.63, 3.8) is 0 Å². The summed E-state index contributed by atoms with van der Waals surface area (Å²) in [7, 11) is 0. The zero-order chi connectivity index (χ0) is 11.6. The van der Waals surface area contributed by atoms with Crippen molar-refractivity contribution in [3.8, 4) is 5.75 Å². The number of alkyl halides is 3. The molecule has 16 heavy (non-hydrogen) atoms. The van der Waals surface area contributed by atoms with Crippen molar-refractivity contribution in [2.75, 3.05) is 12.3 Å². The van der Waals surface area contributed by atoms with Gasteiger partial charge in [-0.15, -0.1) is 24.9 Å². The lowest BCUT2D eigenvalue weighted by molar-refractivity contribution is -0.274. The van der Waals surface area contributed by atoms with E-state index in [0.29, 0.717) is 0 Å². The van der Waals surface area contributed by atoms with Crippen molar-refractivity contribution < 1.29 is 17.9 Å². The number of nitrogens with one attached hydrogen (secondary N) is 1. The SMILES string of the molecule is FC(F)(F)Oc1cccc([C@@H]2NCCS2)c1. The van der Waals surface area contributed by atoms with Gasteiger partial charge in [-0.1, -0.05) is 12.1 Å². The average Bonchev–Trinajstić information content (AvgIpc) is 2.68. The molecule has 0 amide bonds. The van der Waals surface area contributed by atoms with Gasteiger partial charge in [0, 0.05) is 12.3 Å². The second kappa shape index (κ2) is 4.55. The molecule has 0 bridgehead atoms. The smallest absolute Gasteiger partial charge is 0.406 e. The summed E-state index contributed by atoms with van der Waals surface area (Å²) >= 11 is 1.67. The number of halogens is 3. The lowest BCUT2D eigenvalue weighted by Crippen LogP contribution is -2.17. The van der Waals surface area contributed by atoms with Crippen molar-refractivity contribution in [2.45, 2.75) is 11.7 Å². The number of rotatable bonds is 2. The van der Waals surface area contributed by atoms with Gasteiger partial charge in [0.05, 0.1) is 5.37 Å². The van der Waals surface area contributed by atoms with Crippen molar-refractivity contribution in [1.29, 1.82) is 0 Å². The summed E-state index contributed by atoms with van der Waals surface area (Å²) in [4.78, 5) is 0. The van der Waals surface area contributed by atoms with Crippen molar-refractivity contribution in [3.05, 3.63) is 29.8 Å². The Balaban J connectivity index is 2.12. The molecule has 1 saturated heterocycles. The van der Waals surface area contributed by atoms with Gasteiger partial charge < -0.3 is 10.1 Å². The first kappa shape index (κ1) is 11.6. The van der Waals surface area contributed by atoms with E-state index in [0.717, 1.165) is 17.9 Å². The van der Waals surface area contributed by atoms with Gasteiger partial charge in [0.1, 0.15) is 5.75 Å². The molecule has 88 valence electrons. The number of hydrogen-bond donors (Lipinski definition) is 1. The second-order valence-corrected chi connectivity index (χ2v) is 4.54. The minimum absolute atomic E-state index is 0.0665. The van der Waals surface area contributed by atoms with E-state index in [1.165, 1.54) is 12.1 Å². The quantitative estimate of drug-likeness (QED) is 0.870. The fourth-order valence-corrected chi connectivity index (χ4v) is 2.56. The Hall–Kier alpha value is -0.880. The highest BCUT2D eigenvalue weighted by atomic mass is 32.2. The van der Waals surface area contributed by atoms with E-state index in [2.05, 4.69) is 10.1 Å². The molecule has 1 aliphatic heterocycles. The van der Waals surface area contributed by atoms with Crippen LogP contribution in [0.5, 0.6) is 5.75 Å². The minimum atomic E-state index is -4.63. The van der Waals surface area contributed by atoms with Crippen molar-refractivity contribution >= 4 is 11.8 Å². The van der Waals surface area contributed by atoms with Crippen molar-refractivity contribution in [1.82, 2.24) is 5.32 Å². The van der Waals surface area contributed by atoms with E-state index in [1.54, 1.807) is 23.9 Å². The van der Waals surface area contributed by atoms with Crippen LogP contribution in [-0.4, -0.2) is 18.7 Å². The maximum atomic E-state index is 12.0. The Labute approximate surface area is 95.2 Å². The fourth-order valence-electron chi connectivity index (χ4n) is 1.51. The summed E-state index contributed by atoms with van der Waals surface area (Å²) in [6, 6.07) is 6.08. The van der Waals surface area contributed by atoms with Crippen LogP contribution < -0.4 is 10.1 Å². The summed E-state index contributed by atoms with van der Waals surface area (Å²) < 4.78 is 39.9. The zero-order valence-corrected chi connectivity index (χ0v) is 9.07. The van der Waals surface area contributed by atoms with Crippen molar-refractivity contribution in [2.24, 2.45) is 0 Å². The highest BCUT2D eigenvalue weighted by molar-refractivity contribution is 7.99. The molecule has 1 aromatic rings. The molecule has 1 heterocycles. The third kappa shape index (κ3) is 3.05. The van der Waals surface area contributed by atoms with Crippen LogP contribution >= 0.6 is 11.8 Å². The molecule has 1 fully saturated rings. The van der Waals surface area contributed by atoms with Crippen LogP contribution in [0.15, 0.2) is 24.3 Å². The first-order chi connectivity index (χ1) is 7.54. The molecular formula is C10H10F3NOS. The molecule has 1 atom stereocenters. The Morgan fingerprint density at radius 2 is 2.19 bits per heavy atom. The zero-order valence-electron chi connectivity index (χ0n) is 8.25. The third-order valence-electron chi connectivity index (χ3n) is 2.11. The fraction of sp³-hybridized carbons (Fsp3) is 0.400. The molecule has 6 heteroatoms. The van der Waals surface area contributed by atoms with E-state index in [1.807, 2.05) is 0 Å². The highest BCUT2D eigenvalue weighted by Gasteiger charge is 2.31. The monoisotopic (exact) mass is 249 g/mol. The van der Waals surface area contributed by atoms with Gasteiger partial charge in [-0.3, -0.25) is 0 Å². The van der Waals surface area contributed by atoms with E-state index in [9.17, 15) is 13.2 Å². The predicted octanol–water partition coefficient (Wildman–Crippen LogP) is 2.92. The highest BCUT2D eigenvalue weighted by Crippen LogP contribution is 2.32. The molecule has 0 aromatic heterocycles. The van der Waals surface area contributed by atoms with Crippen LogP contribution in [0, 0.1) is 0 Å². The first-order valence-electron chi connectivity index (χ1n) is 4.75. The normalized spacial score (nSPS) is 21.1. The summed E-state index contributed by atoms with van der Waals surface area (Å²) in [5, 5.41) is 3.26. The number of thioether (sulfide) groups is 1. The van der Waals surface area contributed by atoms with Gasteiger partial charge in [-0.25, -0.2) is 0 Å². The Bertz CT molecular complexity index is 363. The van der Waals surface area contributed by atoms with Crippen LogP contribution in [0.3, 0.4) is 0 Å². The second-order valence-electron chi connectivity index (χ2n) is 3.33. The Morgan fingerprint density at radius 1 is 1.38 bits per heavy atom. The maximum absolute atomic E-state index is 12.0. The number of ether oxygens (including phenoxy) is 1. The maximum Gasteiger partial charge on any atom is 0.573 e. The van der Waals surface area contributed by atoms with E-state index in [4.69, 9.17) is 0 Å². The molecule has 2 rings (SSSR count). The summed E-state index contributed by atoms with van der Waals surface area (Å²) in [5.74, 6) is 0.800. The average molecular weight is 249 g/mol. The van der Waals surface area contributed by atoms with Gasteiger partial charge in [0.15, 0.2) is 0 Å². The number of hydrogen-bond acceptors (Lipinski definition) is 3. The topological polar surface area (TPSA) is 21.3 Å². The largest absolute Gasteiger partial charge is 0.573 e. The molecule has 0 aliphatic carbocycles. The summed E-state index contributed by atoms with van der Waals surface area (Å²) in [5.41, 5.74) is 0.809. The third-order valence-corrected chi connectivity index (χ3v) is 3.32. The van der Waals surface area contributed by atoms with E-state index in [-0.39, 0.29) is 11.1 Å². The molecule has 0 radical (unpaired) electrons. The van der Waals surface area contributed by atoms with Gasteiger partial charge >= 0.3 is 6.36 Å².